The minimum Gasteiger partial charge on any atom is -0.330 e. The summed E-state index contributed by atoms with van der Waals surface area (Å²) >= 11 is 3.11. The number of halogens is 4. The highest BCUT2D eigenvalue weighted by atomic mass is 79.9. The molecule has 1 aromatic rings. The van der Waals surface area contributed by atoms with Crippen LogP contribution in [0.25, 0.3) is 0 Å². The van der Waals surface area contributed by atoms with E-state index in [2.05, 4.69) is 20.9 Å². The van der Waals surface area contributed by atoms with Gasteiger partial charge in [0.2, 0.25) is 0 Å². The standard InChI is InChI=1S/C10H10BrF3N2O/c1-2-16(6-10(12,13)14)9(17)7-3-8(11)5-15-4-7/h3-5H,2,6H2,1H3. The van der Waals surface area contributed by atoms with Crippen LogP contribution in [-0.2, 0) is 0 Å². The zero-order valence-corrected chi connectivity index (χ0v) is 10.5. The lowest BCUT2D eigenvalue weighted by Crippen LogP contribution is -2.38. The van der Waals surface area contributed by atoms with Gasteiger partial charge in [-0.3, -0.25) is 9.78 Å². The van der Waals surface area contributed by atoms with Gasteiger partial charge in [-0.05, 0) is 28.9 Å². The van der Waals surface area contributed by atoms with E-state index in [9.17, 15) is 18.0 Å². The van der Waals surface area contributed by atoms with Gasteiger partial charge < -0.3 is 4.90 Å². The number of aromatic nitrogens is 1. The van der Waals surface area contributed by atoms with Crippen molar-refractivity contribution < 1.29 is 18.0 Å². The summed E-state index contributed by atoms with van der Waals surface area (Å²) < 4.78 is 37.2. The SMILES string of the molecule is CCN(CC(F)(F)F)C(=O)c1cncc(Br)c1. The smallest absolute Gasteiger partial charge is 0.330 e. The van der Waals surface area contributed by atoms with Crippen molar-refractivity contribution in [2.75, 3.05) is 13.1 Å². The zero-order valence-electron chi connectivity index (χ0n) is 8.96. The lowest BCUT2D eigenvalue weighted by Gasteiger charge is -2.22. The lowest BCUT2D eigenvalue weighted by molar-refractivity contribution is -0.140. The monoisotopic (exact) mass is 310 g/mol. The Morgan fingerprint density at radius 3 is 2.59 bits per heavy atom. The molecule has 7 heteroatoms. The van der Waals surface area contributed by atoms with Gasteiger partial charge in [-0.2, -0.15) is 13.2 Å². The first-order valence-electron chi connectivity index (χ1n) is 4.80. The van der Waals surface area contributed by atoms with E-state index in [1.165, 1.54) is 25.4 Å². The fraction of sp³-hybridized carbons (Fsp3) is 0.400. The van der Waals surface area contributed by atoms with Crippen LogP contribution in [0.3, 0.4) is 0 Å². The average molecular weight is 311 g/mol. The van der Waals surface area contributed by atoms with Crippen molar-refractivity contribution in [3.05, 3.63) is 28.5 Å². The third-order valence-corrected chi connectivity index (χ3v) is 2.42. The molecule has 1 aromatic heterocycles. The van der Waals surface area contributed by atoms with Crippen LogP contribution in [0.15, 0.2) is 22.9 Å². The summed E-state index contributed by atoms with van der Waals surface area (Å²) in [5.41, 5.74) is 0.130. The van der Waals surface area contributed by atoms with Crippen molar-refractivity contribution in [1.29, 1.82) is 0 Å². The minimum absolute atomic E-state index is 0.00907. The van der Waals surface area contributed by atoms with Gasteiger partial charge >= 0.3 is 6.18 Å². The quantitative estimate of drug-likeness (QED) is 0.860. The second kappa shape index (κ2) is 5.48. The summed E-state index contributed by atoms with van der Waals surface area (Å²) in [5.74, 6) is -0.682. The van der Waals surface area contributed by atoms with E-state index in [1.807, 2.05) is 0 Å². The number of alkyl halides is 3. The molecule has 3 nitrogen and oxygen atoms in total. The maximum absolute atomic E-state index is 12.2. The normalized spacial score (nSPS) is 11.4. The Bertz CT molecular complexity index is 409. The summed E-state index contributed by atoms with van der Waals surface area (Å²) in [7, 11) is 0. The Labute approximate surface area is 105 Å². The molecule has 1 heterocycles. The Kier molecular flexibility index (Phi) is 4.50. The molecule has 0 saturated carbocycles. The number of nitrogens with zero attached hydrogens (tertiary/aromatic N) is 2. The van der Waals surface area contributed by atoms with Crippen LogP contribution >= 0.6 is 15.9 Å². The number of amides is 1. The van der Waals surface area contributed by atoms with Crippen LogP contribution in [0, 0.1) is 0 Å². The number of carbonyl (C=O) groups is 1. The van der Waals surface area contributed by atoms with Crippen LogP contribution in [0.2, 0.25) is 0 Å². The number of rotatable bonds is 3. The van der Waals surface area contributed by atoms with Crippen molar-refractivity contribution in [3.8, 4) is 0 Å². The molecular weight excluding hydrogens is 301 g/mol. The number of hydrogen-bond acceptors (Lipinski definition) is 2. The summed E-state index contributed by atoms with van der Waals surface area (Å²) in [6.45, 7) is 0.231. The third kappa shape index (κ3) is 4.33. The lowest BCUT2D eigenvalue weighted by atomic mass is 10.2. The first-order valence-corrected chi connectivity index (χ1v) is 5.59. The largest absolute Gasteiger partial charge is 0.406 e. The molecule has 17 heavy (non-hydrogen) atoms. The van der Waals surface area contributed by atoms with Gasteiger partial charge in [0.05, 0.1) is 5.56 Å². The number of carbonyl (C=O) groups excluding carboxylic acids is 1. The van der Waals surface area contributed by atoms with Crippen molar-refractivity contribution in [2.24, 2.45) is 0 Å². The minimum atomic E-state index is -4.40. The number of pyridine rings is 1. The van der Waals surface area contributed by atoms with Crippen LogP contribution in [0.1, 0.15) is 17.3 Å². The summed E-state index contributed by atoms with van der Waals surface area (Å²) in [6.07, 6.45) is -1.70. The fourth-order valence-electron chi connectivity index (χ4n) is 1.26. The molecule has 1 amide bonds. The van der Waals surface area contributed by atoms with Crippen LogP contribution in [-0.4, -0.2) is 35.1 Å². The van der Waals surface area contributed by atoms with Crippen molar-refractivity contribution in [2.45, 2.75) is 13.1 Å². The Morgan fingerprint density at radius 2 is 2.12 bits per heavy atom. The summed E-state index contributed by atoms with van der Waals surface area (Å²) in [4.78, 5) is 16.2. The molecule has 0 spiro atoms. The second-order valence-electron chi connectivity index (χ2n) is 3.33. The zero-order chi connectivity index (χ0) is 13.1. The van der Waals surface area contributed by atoms with E-state index >= 15 is 0 Å². The van der Waals surface area contributed by atoms with E-state index in [1.54, 1.807) is 0 Å². The van der Waals surface area contributed by atoms with Crippen molar-refractivity contribution in [3.63, 3.8) is 0 Å². The maximum atomic E-state index is 12.2. The molecule has 0 aromatic carbocycles. The predicted molar refractivity (Wildman–Crippen MR) is 59.6 cm³/mol. The molecule has 0 aliphatic rings. The molecule has 1 rings (SSSR count). The van der Waals surface area contributed by atoms with Crippen LogP contribution in [0.4, 0.5) is 13.2 Å². The highest BCUT2D eigenvalue weighted by Gasteiger charge is 2.32. The molecule has 0 unspecified atom stereocenters. The van der Waals surface area contributed by atoms with Gasteiger partial charge in [-0.25, -0.2) is 0 Å². The molecule has 0 aliphatic carbocycles. The molecule has 0 N–H and O–H groups in total. The van der Waals surface area contributed by atoms with Crippen LogP contribution in [0.5, 0.6) is 0 Å². The molecule has 0 aliphatic heterocycles. The highest BCUT2D eigenvalue weighted by molar-refractivity contribution is 9.10. The van der Waals surface area contributed by atoms with Crippen molar-refractivity contribution >= 4 is 21.8 Å². The maximum Gasteiger partial charge on any atom is 0.406 e. The van der Waals surface area contributed by atoms with Gasteiger partial charge in [0.25, 0.3) is 5.91 Å². The van der Waals surface area contributed by atoms with E-state index < -0.39 is 18.6 Å². The summed E-state index contributed by atoms with van der Waals surface area (Å²) in [6, 6.07) is 1.44. The van der Waals surface area contributed by atoms with E-state index in [0.717, 1.165) is 4.90 Å². The van der Waals surface area contributed by atoms with Gasteiger partial charge in [0.1, 0.15) is 6.54 Å². The first kappa shape index (κ1) is 14.0. The molecule has 0 atom stereocenters. The van der Waals surface area contributed by atoms with Crippen LogP contribution < -0.4 is 0 Å². The molecular formula is C10H10BrF3N2O. The molecule has 0 saturated heterocycles. The molecule has 0 bridgehead atoms. The highest BCUT2D eigenvalue weighted by Crippen LogP contribution is 2.18. The third-order valence-electron chi connectivity index (χ3n) is 1.99. The van der Waals surface area contributed by atoms with Gasteiger partial charge in [-0.15, -0.1) is 0 Å². The van der Waals surface area contributed by atoms with E-state index in [0.29, 0.717) is 4.47 Å². The Morgan fingerprint density at radius 1 is 1.47 bits per heavy atom. The fourth-order valence-corrected chi connectivity index (χ4v) is 1.62. The van der Waals surface area contributed by atoms with Gasteiger partial charge in [0.15, 0.2) is 0 Å². The summed E-state index contributed by atoms with van der Waals surface area (Å²) in [5, 5.41) is 0. The molecule has 94 valence electrons. The average Bonchev–Trinajstić information content (AvgIpc) is 2.23. The second-order valence-corrected chi connectivity index (χ2v) is 4.24. The topological polar surface area (TPSA) is 33.2 Å². The van der Waals surface area contributed by atoms with Crippen molar-refractivity contribution in [1.82, 2.24) is 9.88 Å². The molecule has 0 fully saturated rings. The Hall–Kier alpha value is -1.11. The predicted octanol–water partition coefficient (Wildman–Crippen LogP) is 2.87. The van der Waals surface area contributed by atoms with Gasteiger partial charge in [0, 0.05) is 23.4 Å². The number of hydrogen-bond donors (Lipinski definition) is 0. The molecule has 0 radical (unpaired) electrons. The van der Waals surface area contributed by atoms with Gasteiger partial charge in [-0.1, -0.05) is 0 Å². The Balaban J connectivity index is 2.87. The van der Waals surface area contributed by atoms with E-state index in [-0.39, 0.29) is 12.1 Å². The van der Waals surface area contributed by atoms with E-state index in [4.69, 9.17) is 0 Å². The first-order chi connectivity index (χ1) is 7.83.